The maximum atomic E-state index is 11.6. The van der Waals surface area contributed by atoms with E-state index in [4.69, 9.17) is 4.74 Å². The highest BCUT2D eigenvalue weighted by Crippen LogP contribution is 2.18. The highest BCUT2D eigenvalue weighted by atomic mass is 16.6. The third kappa shape index (κ3) is 4.00. The lowest BCUT2D eigenvalue weighted by atomic mass is 9.86. The van der Waals surface area contributed by atoms with E-state index in [0.717, 1.165) is 13.1 Å². The number of hydrogen-bond donors (Lipinski definition) is 2. The summed E-state index contributed by atoms with van der Waals surface area (Å²) >= 11 is 0. The smallest absolute Gasteiger partial charge is 0.407 e. The molecule has 94 valence electrons. The number of alkyl carbamates (subject to hydrolysis) is 1. The Morgan fingerprint density at radius 1 is 1.31 bits per heavy atom. The van der Waals surface area contributed by atoms with Crippen LogP contribution < -0.4 is 10.6 Å². The molecule has 16 heavy (non-hydrogen) atoms. The summed E-state index contributed by atoms with van der Waals surface area (Å²) in [4.78, 5) is 11.6. The number of piperidine rings is 1. The fraction of sp³-hybridized carbons (Fsp3) is 0.917. The van der Waals surface area contributed by atoms with Gasteiger partial charge < -0.3 is 15.4 Å². The van der Waals surface area contributed by atoms with Gasteiger partial charge in [0.15, 0.2) is 0 Å². The lowest BCUT2D eigenvalue weighted by Gasteiger charge is -2.35. The van der Waals surface area contributed by atoms with Crippen molar-refractivity contribution in [3.63, 3.8) is 0 Å². The molecule has 1 aliphatic heterocycles. The second-order valence-corrected chi connectivity index (χ2v) is 5.75. The predicted octanol–water partition coefficient (Wildman–Crippen LogP) is 1.76. The molecular formula is C12H24N2O2. The third-order valence-corrected chi connectivity index (χ3v) is 3.06. The molecule has 1 rings (SSSR count). The monoisotopic (exact) mass is 228 g/mol. The van der Waals surface area contributed by atoms with Crippen LogP contribution in [0.15, 0.2) is 0 Å². The molecule has 0 radical (unpaired) electrons. The first-order valence-electron chi connectivity index (χ1n) is 6.00. The maximum Gasteiger partial charge on any atom is 0.407 e. The van der Waals surface area contributed by atoms with Crippen molar-refractivity contribution in [2.24, 2.45) is 11.8 Å². The van der Waals surface area contributed by atoms with E-state index in [9.17, 15) is 4.79 Å². The van der Waals surface area contributed by atoms with Gasteiger partial charge in [-0.3, -0.25) is 0 Å². The van der Waals surface area contributed by atoms with E-state index in [1.54, 1.807) is 0 Å². The SMILES string of the molecule is C[C@@H]1[C@H](C)CNC[C@H]1NC(=O)OC(C)(C)C. The van der Waals surface area contributed by atoms with E-state index >= 15 is 0 Å². The van der Waals surface area contributed by atoms with Crippen molar-refractivity contribution in [1.82, 2.24) is 10.6 Å². The molecule has 1 amide bonds. The molecule has 0 unspecified atom stereocenters. The van der Waals surface area contributed by atoms with Crippen molar-refractivity contribution in [1.29, 1.82) is 0 Å². The lowest BCUT2D eigenvalue weighted by Crippen LogP contribution is -2.54. The Kier molecular flexibility index (Phi) is 4.19. The van der Waals surface area contributed by atoms with Crippen molar-refractivity contribution in [3.05, 3.63) is 0 Å². The average Bonchev–Trinajstić information content (AvgIpc) is 2.09. The van der Waals surface area contributed by atoms with Crippen LogP contribution in [0.4, 0.5) is 4.79 Å². The molecular weight excluding hydrogens is 204 g/mol. The molecule has 0 saturated carbocycles. The average molecular weight is 228 g/mol. The van der Waals surface area contributed by atoms with Gasteiger partial charge >= 0.3 is 6.09 Å². The van der Waals surface area contributed by atoms with E-state index in [1.165, 1.54) is 0 Å². The molecule has 0 bridgehead atoms. The van der Waals surface area contributed by atoms with Crippen LogP contribution in [0.3, 0.4) is 0 Å². The molecule has 4 nitrogen and oxygen atoms in total. The molecule has 0 aliphatic carbocycles. The summed E-state index contributed by atoms with van der Waals surface area (Å²) in [5.41, 5.74) is -0.430. The van der Waals surface area contributed by atoms with E-state index in [-0.39, 0.29) is 12.1 Å². The molecule has 4 heteroatoms. The number of hydrogen-bond acceptors (Lipinski definition) is 3. The Hall–Kier alpha value is -0.770. The molecule has 0 aromatic heterocycles. The van der Waals surface area contributed by atoms with Gasteiger partial charge in [0, 0.05) is 12.6 Å². The van der Waals surface area contributed by atoms with Crippen molar-refractivity contribution < 1.29 is 9.53 Å². The predicted molar refractivity (Wildman–Crippen MR) is 64.4 cm³/mol. The first-order valence-corrected chi connectivity index (χ1v) is 6.00. The minimum atomic E-state index is -0.430. The van der Waals surface area contributed by atoms with Crippen LogP contribution in [0.25, 0.3) is 0 Å². The first kappa shape index (κ1) is 13.3. The summed E-state index contributed by atoms with van der Waals surface area (Å²) < 4.78 is 5.25. The van der Waals surface area contributed by atoms with Crippen molar-refractivity contribution in [2.75, 3.05) is 13.1 Å². The molecule has 0 spiro atoms. The van der Waals surface area contributed by atoms with Gasteiger partial charge in [-0.25, -0.2) is 4.79 Å². The second-order valence-electron chi connectivity index (χ2n) is 5.75. The maximum absolute atomic E-state index is 11.6. The molecule has 1 fully saturated rings. The number of rotatable bonds is 1. The minimum absolute atomic E-state index is 0.165. The third-order valence-electron chi connectivity index (χ3n) is 3.06. The number of nitrogens with one attached hydrogen (secondary N) is 2. The van der Waals surface area contributed by atoms with E-state index < -0.39 is 5.60 Å². The molecule has 1 aliphatic rings. The van der Waals surface area contributed by atoms with Crippen LogP contribution in [0.2, 0.25) is 0 Å². The molecule has 0 aromatic carbocycles. The Bertz CT molecular complexity index is 248. The Labute approximate surface area is 98.1 Å². The number of amides is 1. The zero-order valence-electron chi connectivity index (χ0n) is 11.0. The number of ether oxygens (including phenoxy) is 1. The zero-order valence-corrected chi connectivity index (χ0v) is 11.0. The Balaban J connectivity index is 2.44. The van der Waals surface area contributed by atoms with Gasteiger partial charge in [0.1, 0.15) is 5.60 Å². The summed E-state index contributed by atoms with van der Waals surface area (Å²) in [5.74, 6) is 1.06. The normalized spacial score (nSPS) is 30.9. The van der Waals surface area contributed by atoms with E-state index in [0.29, 0.717) is 11.8 Å². The lowest BCUT2D eigenvalue weighted by molar-refractivity contribution is 0.0464. The number of carbonyl (C=O) groups is 1. The summed E-state index contributed by atoms with van der Waals surface area (Å²) in [6.07, 6.45) is -0.319. The first-order chi connectivity index (χ1) is 7.29. The largest absolute Gasteiger partial charge is 0.444 e. The molecule has 0 aromatic rings. The van der Waals surface area contributed by atoms with Gasteiger partial charge in [-0.2, -0.15) is 0 Å². The molecule has 3 atom stereocenters. The highest BCUT2D eigenvalue weighted by Gasteiger charge is 2.29. The van der Waals surface area contributed by atoms with Gasteiger partial charge in [0.2, 0.25) is 0 Å². The van der Waals surface area contributed by atoms with Crippen LogP contribution in [0.5, 0.6) is 0 Å². The van der Waals surface area contributed by atoms with Gasteiger partial charge in [-0.05, 0) is 39.2 Å². The van der Waals surface area contributed by atoms with E-state index in [1.807, 2.05) is 20.8 Å². The van der Waals surface area contributed by atoms with Crippen LogP contribution in [-0.4, -0.2) is 30.8 Å². The van der Waals surface area contributed by atoms with Crippen molar-refractivity contribution in [3.8, 4) is 0 Å². The summed E-state index contributed by atoms with van der Waals surface area (Å²) in [6, 6.07) is 0.165. The highest BCUT2D eigenvalue weighted by molar-refractivity contribution is 5.68. The topological polar surface area (TPSA) is 50.4 Å². The molecule has 2 N–H and O–H groups in total. The molecule has 1 heterocycles. The van der Waals surface area contributed by atoms with Crippen LogP contribution >= 0.6 is 0 Å². The fourth-order valence-electron chi connectivity index (χ4n) is 1.88. The zero-order chi connectivity index (χ0) is 12.3. The van der Waals surface area contributed by atoms with Gasteiger partial charge in [-0.1, -0.05) is 13.8 Å². The van der Waals surface area contributed by atoms with Crippen LogP contribution in [0, 0.1) is 11.8 Å². The van der Waals surface area contributed by atoms with Crippen LogP contribution in [-0.2, 0) is 4.74 Å². The number of carbonyl (C=O) groups excluding carboxylic acids is 1. The summed E-state index contributed by atoms with van der Waals surface area (Å²) in [7, 11) is 0. The van der Waals surface area contributed by atoms with Gasteiger partial charge in [0.05, 0.1) is 0 Å². The summed E-state index contributed by atoms with van der Waals surface area (Å²) in [5, 5.41) is 6.24. The van der Waals surface area contributed by atoms with Crippen molar-refractivity contribution >= 4 is 6.09 Å². The van der Waals surface area contributed by atoms with E-state index in [2.05, 4.69) is 24.5 Å². The van der Waals surface area contributed by atoms with Crippen LogP contribution in [0.1, 0.15) is 34.6 Å². The second kappa shape index (κ2) is 5.04. The Morgan fingerprint density at radius 2 is 1.94 bits per heavy atom. The summed E-state index contributed by atoms with van der Waals surface area (Å²) in [6.45, 7) is 11.8. The molecule has 1 saturated heterocycles. The van der Waals surface area contributed by atoms with Crippen molar-refractivity contribution in [2.45, 2.75) is 46.3 Å². The van der Waals surface area contributed by atoms with Gasteiger partial charge in [0.25, 0.3) is 0 Å². The Morgan fingerprint density at radius 3 is 2.50 bits per heavy atom. The fourth-order valence-corrected chi connectivity index (χ4v) is 1.88. The standard InChI is InChI=1S/C12H24N2O2/c1-8-6-13-7-10(9(8)2)14-11(15)16-12(3,4)5/h8-10,13H,6-7H2,1-5H3,(H,14,15)/t8-,9-,10-/m1/s1. The van der Waals surface area contributed by atoms with Gasteiger partial charge in [-0.15, -0.1) is 0 Å². The minimum Gasteiger partial charge on any atom is -0.444 e. The quantitative estimate of drug-likeness (QED) is 0.719.